The number of nitrogens with two attached hydrogens (primary N) is 2. The van der Waals surface area contributed by atoms with Gasteiger partial charge in [0.15, 0.2) is 0 Å². The first kappa shape index (κ1) is 65.8. The van der Waals surface area contributed by atoms with Gasteiger partial charge in [0.2, 0.25) is 35.4 Å². The molecule has 462 valence electrons. The van der Waals surface area contributed by atoms with E-state index in [0.717, 1.165) is 6.54 Å². The second kappa shape index (κ2) is 31.6. The monoisotopic (exact) mass is 1190 g/mol. The number of urea groups is 2. The quantitative estimate of drug-likeness (QED) is 0.0365. The van der Waals surface area contributed by atoms with E-state index in [9.17, 15) is 47.9 Å². The molecule has 1 saturated heterocycles. The molecule has 4 aromatic rings. The Balaban J connectivity index is 1.09. The first-order valence-corrected chi connectivity index (χ1v) is 28.6. The molecule has 0 bridgehead atoms. The van der Waals surface area contributed by atoms with Crippen molar-refractivity contribution in [2.24, 2.45) is 17.4 Å². The minimum Gasteiger partial charge on any atom is -0.492 e. The van der Waals surface area contributed by atoms with Crippen molar-refractivity contribution < 1.29 is 62.5 Å². The number of carbonyl (C=O) groups is 10. The molecule has 6 atom stereocenters. The van der Waals surface area contributed by atoms with Crippen molar-refractivity contribution in [3.05, 3.63) is 108 Å². The molecule has 26 heteroatoms. The van der Waals surface area contributed by atoms with Crippen LogP contribution in [0.5, 0.6) is 5.75 Å². The Morgan fingerprint density at radius 2 is 1.43 bits per heavy atom. The van der Waals surface area contributed by atoms with Gasteiger partial charge in [-0.2, -0.15) is 0 Å². The number of fused-ring (bicyclic) bond motifs is 1. The molecule has 0 radical (unpaired) electrons. The number of ether oxygens (including phenoxy) is 2. The zero-order chi connectivity index (χ0) is 62.6. The number of para-hydroxylation sites is 1. The van der Waals surface area contributed by atoms with E-state index in [1.807, 2.05) is 38.1 Å². The van der Waals surface area contributed by atoms with E-state index < -0.39 is 77.8 Å². The summed E-state index contributed by atoms with van der Waals surface area (Å²) in [6, 6.07) is 21.0. The van der Waals surface area contributed by atoms with E-state index in [1.54, 1.807) is 110 Å². The number of carboxylic acids is 1. The third kappa shape index (κ3) is 18.9. The van der Waals surface area contributed by atoms with Crippen LogP contribution in [0.15, 0.2) is 97.1 Å². The standard InChI is InChI=1S/C60H79N13O13/c1-7-51(75)72-37(4)33-49(45-11-8-9-13-48(45)72)73(43-22-18-40(19-23-43)65-50(74)34-64-59(83)67-42-20-24-44(25-21-42)85-32-31-71-30-29-70(6)57(81)38(71)5)60(84)86-35-39-14-16-41(17-15-39)66-55(79)47(12-10-28-63-58(62)82)68-56(80)53(36(2)3)69-54(78)46(61)26-27-52(76)77/h8-9,11,13-25,36-38,46-47,49,53H,7,10,12,26-35,61H2,1-6H3,(H,65,74)(H,66,79)(H,68,80)(H,69,78)(H,76,77)(H3,62,63,82)(H2,64,67,83)/t37-,38+,46-,47-,49+,53-/m0/s1. The molecule has 4 aromatic carbocycles. The summed E-state index contributed by atoms with van der Waals surface area (Å²) in [4.78, 5) is 136. The van der Waals surface area contributed by atoms with Gasteiger partial charge in [0.25, 0.3) is 0 Å². The lowest BCUT2D eigenvalue weighted by Crippen LogP contribution is -2.56. The molecule has 0 unspecified atom stereocenters. The lowest BCUT2D eigenvalue weighted by Gasteiger charge is -2.43. The van der Waals surface area contributed by atoms with Crippen LogP contribution in [0.2, 0.25) is 0 Å². The summed E-state index contributed by atoms with van der Waals surface area (Å²) in [6.07, 6.45) is -0.359. The number of benzene rings is 4. The average Bonchev–Trinajstić information content (AvgIpc) is 1.09. The summed E-state index contributed by atoms with van der Waals surface area (Å²) in [5.74, 6) is -3.61. The van der Waals surface area contributed by atoms with E-state index in [0.29, 0.717) is 71.4 Å². The summed E-state index contributed by atoms with van der Waals surface area (Å²) in [6.45, 7) is 10.8. The number of nitrogens with one attached hydrogen (secondary N) is 7. The molecule has 2 aliphatic rings. The zero-order valence-electron chi connectivity index (χ0n) is 49.3. The maximum absolute atomic E-state index is 14.6. The van der Waals surface area contributed by atoms with Crippen LogP contribution < -0.4 is 63.2 Å². The molecule has 11 amide bonds. The second-order valence-corrected chi connectivity index (χ2v) is 21.4. The minimum atomic E-state index is -1.20. The maximum atomic E-state index is 14.6. The van der Waals surface area contributed by atoms with Crippen LogP contribution in [0, 0.1) is 5.92 Å². The minimum absolute atomic E-state index is 0.0473. The van der Waals surface area contributed by atoms with Crippen molar-refractivity contribution in [3.8, 4) is 5.75 Å². The van der Waals surface area contributed by atoms with Crippen LogP contribution in [0.25, 0.3) is 0 Å². The number of hydrogen-bond acceptors (Lipinski definition) is 14. The Morgan fingerprint density at radius 1 is 0.779 bits per heavy atom. The van der Waals surface area contributed by atoms with E-state index in [1.165, 1.54) is 4.90 Å². The molecular formula is C60H79N13O13. The van der Waals surface area contributed by atoms with Crippen LogP contribution in [0.4, 0.5) is 42.8 Å². The molecule has 0 aromatic heterocycles. The molecule has 26 nitrogen and oxygen atoms in total. The number of anilines is 5. The lowest BCUT2D eigenvalue weighted by atomic mass is 9.90. The van der Waals surface area contributed by atoms with Gasteiger partial charge in [-0.05, 0) is 123 Å². The fourth-order valence-corrected chi connectivity index (χ4v) is 9.90. The number of amides is 11. The molecule has 0 aliphatic carbocycles. The van der Waals surface area contributed by atoms with Gasteiger partial charge >= 0.3 is 24.1 Å². The van der Waals surface area contributed by atoms with Gasteiger partial charge < -0.3 is 73.1 Å². The Kier molecular flexibility index (Phi) is 24.2. The fraction of sp³-hybridized carbons (Fsp3) is 0.433. The summed E-state index contributed by atoms with van der Waals surface area (Å²) in [5.41, 5.74) is 14.6. The average molecular weight is 1190 g/mol. The molecule has 1 fully saturated rings. The van der Waals surface area contributed by atoms with Gasteiger partial charge in [-0.15, -0.1) is 0 Å². The number of hydrogen-bond donors (Lipinski definition) is 10. The number of likely N-dealkylation sites (N-methyl/N-ethyl adjacent to an activating group) is 1. The molecule has 2 aliphatic heterocycles. The van der Waals surface area contributed by atoms with Crippen LogP contribution >= 0.6 is 0 Å². The fourth-order valence-electron chi connectivity index (χ4n) is 9.90. The molecule has 0 spiro atoms. The number of piperazine rings is 1. The number of carbonyl (C=O) groups excluding carboxylic acids is 9. The maximum Gasteiger partial charge on any atom is 0.415 e. The first-order chi connectivity index (χ1) is 41.0. The first-order valence-electron chi connectivity index (χ1n) is 28.6. The highest BCUT2D eigenvalue weighted by Gasteiger charge is 2.39. The SMILES string of the molecule is CCC(=O)N1c2ccccc2[C@H](N(C(=O)OCc2ccc(NC(=O)[C@H](CCCNC(N)=O)NC(=O)[C@@H](NC(=O)[C@@H](N)CCC(=O)O)C(C)C)cc2)c2ccc(NC(=O)CNC(=O)Nc3ccc(OCCN4CCN(C)C(=O)[C@H]4C)cc3)cc2)C[C@@H]1C. The molecular weight excluding hydrogens is 1110 g/mol. The predicted molar refractivity (Wildman–Crippen MR) is 322 cm³/mol. The van der Waals surface area contributed by atoms with Crippen LogP contribution in [-0.2, 0) is 44.9 Å². The smallest absolute Gasteiger partial charge is 0.415 e. The van der Waals surface area contributed by atoms with Gasteiger partial charge in [0.1, 0.15) is 31.0 Å². The third-order valence-corrected chi connectivity index (χ3v) is 14.7. The van der Waals surface area contributed by atoms with Crippen LogP contribution in [-0.4, -0.2) is 151 Å². The predicted octanol–water partition coefficient (Wildman–Crippen LogP) is 4.61. The summed E-state index contributed by atoms with van der Waals surface area (Å²) in [7, 11) is 1.79. The van der Waals surface area contributed by atoms with E-state index >= 15 is 0 Å². The number of aliphatic carboxylic acids is 1. The van der Waals surface area contributed by atoms with Crippen molar-refractivity contribution in [1.82, 2.24) is 31.1 Å². The number of carboxylic acid groups (broad SMARTS) is 1. The highest BCUT2D eigenvalue weighted by atomic mass is 16.6. The normalized spacial score (nSPS) is 16.7. The van der Waals surface area contributed by atoms with Crippen molar-refractivity contribution in [1.29, 1.82) is 0 Å². The molecule has 12 N–H and O–H groups in total. The van der Waals surface area contributed by atoms with Crippen molar-refractivity contribution >= 4 is 88.0 Å². The number of rotatable bonds is 27. The number of primary amides is 1. The number of nitrogens with zero attached hydrogens (tertiary/aromatic N) is 4. The summed E-state index contributed by atoms with van der Waals surface area (Å²) in [5, 5.41) is 27.5. The summed E-state index contributed by atoms with van der Waals surface area (Å²) < 4.78 is 11.9. The highest BCUT2D eigenvalue weighted by Crippen LogP contribution is 2.43. The Bertz CT molecular complexity index is 3040. The Labute approximate surface area is 499 Å². The van der Waals surface area contributed by atoms with Crippen molar-refractivity contribution in [2.45, 2.75) is 116 Å². The van der Waals surface area contributed by atoms with E-state index in [-0.39, 0.29) is 75.7 Å². The lowest BCUT2D eigenvalue weighted by molar-refractivity contribution is -0.139. The van der Waals surface area contributed by atoms with E-state index in [4.69, 9.17) is 26.0 Å². The van der Waals surface area contributed by atoms with Crippen LogP contribution in [0.3, 0.4) is 0 Å². The topological polar surface area (TPSA) is 359 Å². The van der Waals surface area contributed by atoms with Crippen molar-refractivity contribution in [3.63, 3.8) is 0 Å². The van der Waals surface area contributed by atoms with Gasteiger partial charge in [-0.25, -0.2) is 14.4 Å². The van der Waals surface area contributed by atoms with Gasteiger partial charge in [0, 0.05) is 80.5 Å². The second-order valence-electron chi connectivity index (χ2n) is 21.4. The summed E-state index contributed by atoms with van der Waals surface area (Å²) >= 11 is 0. The van der Waals surface area contributed by atoms with Gasteiger partial charge in [-0.3, -0.25) is 43.4 Å². The molecule has 6 rings (SSSR count). The Hall–Kier alpha value is -9.30. The molecule has 86 heavy (non-hydrogen) atoms. The van der Waals surface area contributed by atoms with Gasteiger partial charge in [-0.1, -0.05) is 51.1 Å². The third-order valence-electron chi connectivity index (χ3n) is 14.7. The largest absolute Gasteiger partial charge is 0.492 e. The molecule has 0 saturated carbocycles. The Morgan fingerprint density at radius 3 is 2.09 bits per heavy atom. The zero-order valence-corrected chi connectivity index (χ0v) is 49.3. The van der Waals surface area contributed by atoms with Gasteiger partial charge in [0.05, 0.1) is 24.7 Å². The van der Waals surface area contributed by atoms with E-state index in [2.05, 4.69) is 42.1 Å². The molecule has 2 heterocycles. The van der Waals surface area contributed by atoms with Crippen molar-refractivity contribution in [2.75, 3.05) is 72.1 Å². The van der Waals surface area contributed by atoms with Crippen LogP contribution in [0.1, 0.15) is 90.3 Å². The highest BCUT2D eigenvalue weighted by molar-refractivity contribution is 6.00.